The molecule has 0 saturated carbocycles. The van der Waals surface area contributed by atoms with Crippen molar-refractivity contribution in [2.45, 2.75) is 44.2 Å². The van der Waals surface area contributed by atoms with Gasteiger partial charge in [-0.05, 0) is 55.3 Å². The maximum Gasteiger partial charge on any atom is 0.264 e. The van der Waals surface area contributed by atoms with E-state index in [0.29, 0.717) is 11.3 Å². The van der Waals surface area contributed by atoms with Crippen molar-refractivity contribution in [1.82, 2.24) is 5.32 Å². The molecule has 162 valence electrons. The van der Waals surface area contributed by atoms with Crippen LogP contribution in [-0.4, -0.2) is 20.4 Å². The predicted octanol–water partition coefficient (Wildman–Crippen LogP) is 5.00. The molecular formula is C25H28N2O3S. The van der Waals surface area contributed by atoms with E-state index < -0.39 is 10.0 Å². The van der Waals surface area contributed by atoms with Gasteiger partial charge in [0, 0.05) is 11.6 Å². The van der Waals surface area contributed by atoms with E-state index in [1.807, 2.05) is 25.1 Å². The van der Waals surface area contributed by atoms with Crippen LogP contribution in [0.15, 0.2) is 89.8 Å². The molecule has 0 fully saturated rings. The summed E-state index contributed by atoms with van der Waals surface area (Å²) in [5.41, 5.74) is 1.94. The summed E-state index contributed by atoms with van der Waals surface area (Å²) < 4.78 is 28.1. The Labute approximate surface area is 184 Å². The van der Waals surface area contributed by atoms with Crippen molar-refractivity contribution in [3.05, 3.63) is 96.1 Å². The average molecular weight is 437 g/mol. The van der Waals surface area contributed by atoms with E-state index in [4.69, 9.17) is 0 Å². The first kappa shape index (κ1) is 22.6. The highest BCUT2D eigenvalue weighted by Gasteiger charge is 2.25. The van der Waals surface area contributed by atoms with Crippen LogP contribution >= 0.6 is 0 Å². The summed E-state index contributed by atoms with van der Waals surface area (Å²) in [5, 5.41) is 2.98. The van der Waals surface area contributed by atoms with E-state index in [0.717, 1.165) is 18.4 Å². The lowest BCUT2D eigenvalue weighted by Crippen LogP contribution is -2.32. The number of carbonyl (C=O) groups is 1. The highest BCUT2D eigenvalue weighted by atomic mass is 32.2. The Morgan fingerprint density at radius 1 is 0.903 bits per heavy atom. The number of nitrogens with zero attached hydrogens (tertiary/aromatic N) is 1. The summed E-state index contributed by atoms with van der Waals surface area (Å²) in [6.07, 6.45) is 1.93. The molecule has 3 rings (SSSR count). The number of hydrogen-bond donors (Lipinski definition) is 1. The van der Waals surface area contributed by atoms with Crippen molar-refractivity contribution in [1.29, 1.82) is 0 Å². The van der Waals surface area contributed by atoms with Gasteiger partial charge in [-0.25, -0.2) is 8.42 Å². The summed E-state index contributed by atoms with van der Waals surface area (Å²) >= 11 is 0. The molecule has 0 bridgehead atoms. The van der Waals surface area contributed by atoms with Crippen LogP contribution in [0.2, 0.25) is 0 Å². The Bertz CT molecular complexity index is 1080. The second kappa shape index (κ2) is 10.3. The van der Waals surface area contributed by atoms with Crippen molar-refractivity contribution < 1.29 is 13.2 Å². The molecule has 1 N–H and O–H groups in total. The number of benzene rings is 3. The molecule has 0 aliphatic heterocycles. The number of hydrogen-bond acceptors (Lipinski definition) is 3. The quantitative estimate of drug-likeness (QED) is 0.513. The number of nitrogens with one attached hydrogen (secondary N) is 1. The Morgan fingerprint density at radius 2 is 1.48 bits per heavy atom. The highest BCUT2D eigenvalue weighted by Crippen LogP contribution is 2.25. The van der Waals surface area contributed by atoms with E-state index in [2.05, 4.69) is 12.2 Å². The van der Waals surface area contributed by atoms with Crippen LogP contribution in [0.4, 0.5) is 5.69 Å². The molecule has 0 saturated heterocycles. The molecule has 0 unspecified atom stereocenters. The number of carbonyl (C=O) groups excluding carboxylic acids is 1. The lowest BCUT2D eigenvalue weighted by atomic mass is 10.1. The SMILES string of the molecule is CCC[C@@H](C)NC(=O)c1ccc(CN(c2ccccc2)S(=O)(=O)c2ccccc2)cc1. The van der Waals surface area contributed by atoms with Gasteiger partial charge in [-0.15, -0.1) is 0 Å². The van der Waals surface area contributed by atoms with Crippen LogP contribution in [0, 0.1) is 0 Å². The number of sulfonamides is 1. The van der Waals surface area contributed by atoms with Gasteiger partial charge in [-0.2, -0.15) is 0 Å². The minimum absolute atomic E-state index is 0.113. The van der Waals surface area contributed by atoms with Gasteiger partial charge >= 0.3 is 0 Å². The predicted molar refractivity (Wildman–Crippen MR) is 125 cm³/mol. The van der Waals surface area contributed by atoms with Crippen molar-refractivity contribution in [3.8, 4) is 0 Å². The van der Waals surface area contributed by atoms with Crippen LogP contribution in [0.1, 0.15) is 42.6 Å². The topological polar surface area (TPSA) is 66.5 Å². The van der Waals surface area contributed by atoms with Crippen LogP contribution in [0.3, 0.4) is 0 Å². The van der Waals surface area contributed by atoms with Crippen molar-refractivity contribution in [2.75, 3.05) is 4.31 Å². The maximum atomic E-state index is 13.4. The van der Waals surface area contributed by atoms with Gasteiger partial charge in [0.25, 0.3) is 15.9 Å². The fraction of sp³-hybridized carbons (Fsp3) is 0.240. The van der Waals surface area contributed by atoms with Gasteiger partial charge in [-0.1, -0.05) is 61.9 Å². The van der Waals surface area contributed by atoms with Gasteiger partial charge in [-0.3, -0.25) is 9.10 Å². The molecule has 5 nitrogen and oxygen atoms in total. The normalized spacial score (nSPS) is 12.2. The molecule has 0 aliphatic rings. The third-order valence-corrected chi connectivity index (χ3v) is 6.80. The minimum atomic E-state index is -3.75. The monoisotopic (exact) mass is 436 g/mol. The summed E-state index contributed by atoms with van der Waals surface area (Å²) in [6, 6.07) is 24.6. The average Bonchev–Trinajstić information content (AvgIpc) is 2.79. The smallest absolute Gasteiger partial charge is 0.264 e. The zero-order valence-electron chi connectivity index (χ0n) is 17.9. The Kier molecular flexibility index (Phi) is 7.47. The summed E-state index contributed by atoms with van der Waals surface area (Å²) in [4.78, 5) is 12.6. The lowest BCUT2D eigenvalue weighted by molar-refractivity contribution is 0.0938. The molecule has 31 heavy (non-hydrogen) atoms. The molecule has 3 aromatic carbocycles. The van der Waals surface area contributed by atoms with E-state index in [1.54, 1.807) is 66.7 Å². The highest BCUT2D eigenvalue weighted by molar-refractivity contribution is 7.92. The fourth-order valence-electron chi connectivity index (χ4n) is 3.37. The number of amides is 1. The molecule has 1 amide bonds. The van der Waals surface area contributed by atoms with Crippen molar-refractivity contribution in [2.24, 2.45) is 0 Å². The molecule has 3 aromatic rings. The molecular weight excluding hydrogens is 408 g/mol. The second-order valence-electron chi connectivity index (χ2n) is 7.52. The third-order valence-electron chi connectivity index (χ3n) is 5.02. The lowest BCUT2D eigenvalue weighted by Gasteiger charge is -2.25. The first-order valence-electron chi connectivity index (χ1n) is 10.4. The van der Waals surface area contributed by atoms with E-state index in [-0.39, 0.29) is 23.4 Å². The summed E-state index contributed by atoms with van der Waals surface area (Å²) in [7, 11) is -3.75. The molecule has 0 heterocycles. The zero-order chi connectivity index (χ0) is 22.3. The van der Waals surface area contributed by atoms with E-state index >= 15 is 0 Å². The fourth-order valence-corrected chi connectivity index (χ4v) is 4.84. The third kappa shape index (κ3) is 5.73. The Balaban J connectivity index is 1.85. The zero-order valence-corrected chi connectivity index (χ0v) is 18.7. The van der Waals surface area contributed by atoms with Gasteiger partial charge in [0.05, 0.1) is 17.1 Å². The molecule has 1 atom stereocenters. The van der Waals surface area contributed by atoms with Crippen molar-refractivity contribution >= 4 is 21.6 Å². The second-order valence-corrected chi connectivity index (χ2v) is 9.38. The van der Waals surface area contributed by atoms with E-state index in [9.17, 15) is 13.2 Å². The molecule has 0 aliphatic carbocycles. The van der Waals surface area contributed by atoms with Gasteiger partial charge in [0.15, 0.2) is 0 Å². The van der Waals surface area contributed by atoms with Crippen LogP contribution in [0.5, 0.6) is 0 Å². The van der Waals surface area contributed by atoms with Crippen molar-refractivity contribution in [3.63, 3.8) is 0 Å². The van der Waals surface area contributed by atoms with Gasteiger partial charge < -0.3 is 5.32 Å². The standard InChI is InChI=1S/C25H28N2O3S/c1-3-10-20(2)26-25(28)22-17-15-21(16-18-22)19-27(23-11-6-4-7-12-23)31(29,30)24-13-8-5-9-14-24/h4-9,11-18,20H,3,10,19H2,1-2H3,(H,26,28)/t20-/m1/s1. The first-order valence-corrected chi connectivity index (χ1v) is 11.9. The van der Waals surface area contributed by atoms with Crippen LogP contribution in [-0.2, 0) is 16.6 Å². The number of anilines is 1. The van der Waals surface area contributed by atoms with E-state index in [1.165, 1.54) is 4.31 Å². The first-order chi connectivity index (χ1) is 14.9. The largest absolute Gasteiger partial charge is 0.350 e. The maximum absolute atomic E-state index is 13.4. The van der Waals surface area contributed by atoms with Crippen LogP contribution in [0.25, 0.3) is 0 Å². The molecule has 0 aromatic heterocycles. The van der Waals surface area contributed by atoms with Gasteiger partial charge in [0.2, 0.25) is 0 Å². The van der Waals surface area contributed by atoms with Crippen LogP contribution < -0.4 is 9.62 Å². The number of para-hydroxylation sites is 1. The molecule has 6 heteroatoms. The summed E-state index contributed by atoms with van der Waals surface area (Å²) in [5.74, 6) is -0.121. The Morgan fingerprint density at radius 3 is 2.06 bits per heavy atom. The van der Waals surface area contributed by atoms with Gasteiger partial charge in [0.1, 0.15) is 0 Å². The minimum Gasteiger partial charge on any atom is -0.350 e. The number of rotatable bonds is 9. The summed E-state index contributed by atoms with van der Waals surface area (Å²) in [6.45, 7) is 4.23. The Hall–Kier alpha value is -3.12. The molecule has 0 radical (unpaired) electrons. The molecule has 0 spiro atoms.